The molecule has 0 aliphatic carbocycles. The third kappa shape index (κ3) is 3.84. The predicted molar refractivity (Wildman–Crippen MR) is 84.5 cm³/mol. The summed E-state index contributed by atoms with van der Waals surface area (Å²) in [6.07, 6.45) is 3.44. The summed E-state index contributed by atoms with van der Waals surface area (Å²) < 4.78 is 1.73. The van der Waals surface area contributed by atoms with Gasteiger partial charge in [0.2, 0.25) is 0 Å². The third-order valence-electron chi connectivity index (χ3n) is 4.41. The Bertz CT molecular complexity index is 473. The van der Waals surface area contributed by atoms with Crippen molar-refractivity contribution < 1.29 is 4.79 Å². The van der Waals surface area contributed by atoms with Crippen molar-refractivity contribution in [3.8, 4) is 0 Å². The Balaban J connectivity index is 1.95. The lowest BCUT2D eigenvalue weighted by Crippen LogP contribution is -2.39. The number of nitrogens with zero attached hydrogens (tertiary/aromatic N) is 3. The average Bonchev–Trinajstić information content (AvgIpc) is 2.87. The van der Waals surface area contributed by atoms with Crippen molar-refractivity contribution in [2.45, 2.75) is 39.0 Å². The Labute approximate surface area is 127 Å². The molecule has 118 valence electrons. The Morgan fingerprint density at radius 2 is 2.10 bits per heavy atom. The molecule has 0 aromatic carbocycles. The van der Waals surface area contributed by atoms with Gasteiger partial charge in [-0.15, -0.1) is 0 Å². The van der Waals surface area contributed by atoms with Gasteiger partial charge >= 0.3 is 0 Å². The van der Waals surface area contributed by atoms with Gasteiger partial charge in [-0.05, 0) is 50.8 Å². The molecule has 0 saturated carbocycles. The van der Waals surface area contributed by atoms with E-state index in [0.29, 0.717) is 11.6 Å². The van der Waals surface area contributed by atoms with Crippen LogP contribution in [-0.4, -0.2) is 47.3 Å². The molecular formula is C16H28N4O. The van der Waals surface area contributed by atoms with E-state index >= 15 is 0 Å². The molecule has 1 aliphatic heterocycles. The molecule has 1 amide bonds. The van der Waals surface area contributed by atoms with E-state index in [1.807, 2.05) is 25.1 Å². The first-order valence-electron chi connectivity index (χ1n) is 8.00. The first kappa shape index (κ1) is 16.0. The highest BCUT2D eigenvalue weighted by Gasteiger charge is 2.25. The minimum atomic E-state index is 0.129. The van der Waals surface area contributed by atoms with Crippen molar-refractivity contribution in [1.29, 1.82) is 0 Å². The molecule has 1 saturated heterocycles. The summed E-state index contributed by atoms with van der Waals surface area (Å²) in [6, 6.07) is 1.94. The largest absolute Gasteiger partial charge is 0.337 e. The van der Waals surface area contributed by atoms with Crippen LogP contribution in [0.2, 0.25) is 0 Å². The number of hydrogen-bond acceptors (Lipinski definition) is 3. The molecule has 1 fully saturated rings. The normalized spacial score (nSPS) is 16.7. The molecule has 5 nitrogen and oxygen atoms in total. The zero-order valence-electron chi connectivity index (χ0n) is 13.7. The van der Waals surface area contributed by atoms with Gasteiger partial charge in [-0.25, -0.2) is 0 Å². The average molecular weight is 292 g/mol. The first-order chi connectivity index (χ1) is 10.0. The number of amides is 1. The Kier molecular flexibility index (Phi) is 5.39. The smallest absolute Gasteiger partial charge is 0.272 e. The van der Waals surface area contributed by atoms with Crippen molar-refractivity contribution in [2.75, 3.05) is 26.7 Å². The quantitative estimate of drug-likeness (QED) is 0.903. The molecule has 0 atom stereocenters. The number of aryl methyl sites for hydroxylation is 1. The molecule has 1 aliphatic rings. The number of rotatable bonds is 5. The highest BCUT2D eigenvalue weighted by Crippen LogP contribution is 2.22. The van der Waals surface area contributed by atoms with Crippen molar-refractivity contribution in [3.05, 3.63) is 17.5 Å². The monoisotopic (exact) mass is 292 g/mol. The summed E-state index contributed by atoms with van der Waals surface area (Å²) in [6.45, 7) is 7.01. The van der Waals surface area contributed by atoms with Crippen LogP contribution in [0.3, 0.4) is 0 Å². The van der Waals surface area contributed by atoms with Crippen molar-refractivity contribution >= 4 is 5.91 Å². The van der Waals surface area contributed by atoms with Gasteiger partial charge < -0.3 is 10.2 Å². The third-order valence-corrected chi connectivity index (χ3v) is 4.41. The van der Waals surface area contributed by atoms with Crippen LogP contribution in [-0.2, 0) is 7.05 Å². The summed E-state index contributed by atoms with van der Waals surface area (Å²) in [5.74, 6) is 1.23. The number of aromatic nitrogens is 2. The summed E-state index contributed by atoms with van der Waals surface area (Å²) in [4.78, 5) is 14.6. The number of nitrogens with one attached hydrogen (secondary N) is 1. The Hall–Kier alpha value is -1.36. The van der Waals surface area contributed by atoms with Gasteiger partial charge in [-0.3, -0.25) is 9.48 Å². The lowest BCUT2D eigenvalue weighted by Gasteiger charge is -2.32. The van der Waals surface area contributed by atoms with Gasteiger partial charge in [-0.2, -0.15) is 5.10 Å². The Morgan fingerprint density at radius 3 is 2.62 bits per heavy atom. The zero-order chi connectivity index (χ0) is 15.4. The first-order valence-corrected chi connectivity index (χ1v) is 8.00. The summed E-state index contributed by atoms with van der Waals surface area (Å²) in [5, 5.41) is 7.65. The minimum absolute atomic E-state index is 0.129. The highest BCUT2D eigenvalue weighted by molar-refractivity contribution is 5.92. The van der Waals surface area contributed by atoms with E-state index in [4.69, 9.17) is 0 Å². The number of likely N-dealkylation sites (tertiary alicyclic amines) is 1. The summed E-state index contributed by atoms with van der Waals surface area (Å²) >= 11 is 0. The van der Waals surface area contributed by atoms with E-state index in [9.17, 15) is 4.79 Å². The SMILES string of the molecule is CNCCC1CCN(C(=O)c2cc(C(C)C)nn2C)CC1. The number of piperidine rings is 1. The minimum Gasteiger partial charge on any atom is -0.337 e. The molecule has 0 bridgehead atoms. The van der Waals surface area contributed by atoms with Crippen LogP contribution < -0.4 is 5.32 Å². The second-order valence-electron chi connectivity index (χ2n) is 6.36. The molecule has 0 radical (unpaired) electrons. The van der Waals surface area contributed by atoms with Crippen LogP contribution in [0.1, 0.15) is 55.2 Å². The molecule has 1 N–H and O–H groups in total. The number of carbonyl (C=O) groups is 1. The summed E-state index contributed by atoms with van der Waals surface area (Å²) in [5.41, 5.74) is 1.71. The maximum Gasteiger partial charge on any atom is 0.272 e. The molecule has 1 aromatic heterocycles. The van der Waals surface area contributed by atoms with E-state index < -0.39 is 0 Å². The fraction of sp³-hybridized carbons (Fsp3) is 0.750. The van der Waals surface area contributed by atoms with Crippen molar-refractivity contribution in [3.63, 3.8) is 0 Å². The van der Waals surface area contributed by atoms with Gasteiger partial charge in [0.15, 0.2) is 0 Å². The molecule has 0 spiro atoms. The lowest BCUT2D eigenvalue weighted by molar-refractivity contribution is 0.0676. The van der Waals surface area contributed by atoms with Gasteiger partial charge in [0.05, 0.1) is 5.69 Å². The van der Waals surface area contributed by atoms with Crippen LogP contribution in [0.5, 0.6) is 0 Å². The molecule has 5 heteroatoms. The molecule has 2 rings (SSSR count). The van der Waals surface area contributed by atoms with Crippen LogP contribution in [0, 0.1) is 5.92 Å². The van der Waals surface area contributed by atoms with Crippen LogP contribution in [0.4, 0.5) is 0 Å². The standard InChI is InChI=1S/C16H28N4O/c1-12(2)14-11-15(19(4)18-14)16(21)20-9-6-13(7-10-20)5-8-17-3/h11-13,17H,5-10H2,1-4H3. The van der Waals surface area contributed by atoms with Gasteiger partial charge in [0.1, 0.15) is 5.69 Å². The molecular weight excluding hydrogens is 264 g/mol. The van der Waals surface area contributed by atoms with E-state index in [2.05, 4.69) is 24.3 Å². The molecule has 1 aromatic rings. The highest BCUT2D eigenvalue weighted by atomic mass is 16.2. The summed E-state index contributed by atoms with van der Waals surface area (Å²) in [7, 11) is 3.85. The predicted octanol–water partition coefficient (Wildman–Crippen LogP) is 2.01. The van der Waals surface area contributed by atoms with E-state index in [-0.39, 0.29) is 5.91 Å². The molecule has 21 heavy (non-hydrogen) atoms. The van der Waals surface area contributed by atoms with Gasteiger partial charge in [0, 0.05) is 20.1 Å². The maximum atomic E-state index is 12.6. The maximum absolute atomic E-state index is 12.6. The van der Waals surface area contributed by atoms with E-state index in [0.717, 1.165) is 44.1 Å². The lowest BCUT2D eigenvalue weighted by atomic mass is 9.93. The second kappa shape index (κ2) is 7.07. The fourth-order valence-electron chi connectivity index (χ4n) is 2.91. The fourth-order valence-corrected chi connectivity index (χ4v) is 2.91. The van der Waals surface area contributed by atoms with Crippen LogP contribution >= 0.6 is 0 Å². The Morgan fingerprint density at radius 1 is 1.43 bits per heavy atom. The zero-order valence-corrected chi connectivity index (χ0v) is 13.7. The van der Waals surface area contributed by atoms with Gasteiger partial charge in [0.25, 0.3) is 5.91 Å². The topological polar surface area (TPSA) is 50.2 Å². The van der Waals surface area contributed by atoms with E-state index in [1.165, 1.54) is 6.42 Å². The van der Waals surface area contributed by atoms with Crippen LogP contribution in [0.25, 0.3) is 0 Å². The van der Waals surface area contributed by atoms with Crippen LogP contribution in [0.15, 0.2) is 6.07 Å². The molecule has 2 heterocycles. The van der Waals surface area contributed by atoms with Gasteiger partial charge in [-0.1, -0.05) is 13.8 Å². The number of carbonyl (C=O) groups excluding carboxylic acids is 1. The van der Waals surface area contributed by atoms with Crippen molar-refractivity contribution in [2.24, 2.45) is 13.0 Å². The van der Waals surface area contributed by atoms with Crippen molar-refractivity contribution in [1.82, 2.24) is 20.0 Å². The number of hydrogen-bond donors (Lipinski definition) is 1. The molecule has 0 unspecified atom stereocenters. The second-order valence-corrected chi connectivity index (χ2v) is 6.36. The van der Waals surface area contributed by atoms with E-state index in [1.54, 1.807) is 4.68 Å².